The van der Waals surface area contributed by atoms with Crippen molar-refractivity contribution in [3.63, 3.8) is 0 Å². The summed E-state index contributed by atoms with van der Waals surface area (Å²) in [6.07, 6.45) is 1.76. The van der Waals surface area contributed by atoms with E-state index in [4.69, 9.17) is 11.6 Å². The second kappa shape index (κ2) is 6.39. The summed E-state index contributed by atoms with van der Waals surface area (Å²) in [4.78, 5) is 16.6. The van der Waals surface area contributed by atoms with E-state index in [1.54, 1.807) is 6.20 Å². The molecule has 116 valence electrons. The first kappa shape index (κ1) is 15.5. The van der Waals surface area contributed by atoms with Gasteiger partial charge in [0.2, 0.25) is 0 Å². The number of benzene rings is 2. The fraction of sp³-hybridized carbons (Fsp3) is 0.158. The van der Waals surface area contributed by atoms with Crippen molar-refractivity contribution in [3.8, 4) is 11.1 Å². The van der Waals surface area contributed by atoms with Crippen LogP contribution in [0.25, 0.3) is 22.0 Å². The van der Waals surface area contributed by atoms with Gasteiger partial charge in [0.05, 0.1) is 5.52 Å². The highest BCUT2D eigenvalue weighted by Gasteiger charge is 2.10. The maximum atomic E-state index is 12.2. The smallest absolute Gasteiger partial charge is 0.251 e. The zero-order chi connectivity index (χ0) is 16.4. The molecule has 0 unspecified atom stereocenters. The third-order valence-electron chi connectivity index (χ3n) is 3.56. The van der Waals surface area contributed by atoms with Crippen LogP contribution in [0.15, 0.2) is 54.7 Å². The van der Waals surface area contributed by atoms with Gasteiger partial charge in [-0.25, -0.2) is 0 Å². The van der Waals surface area contributed by atoms with Gasteiger partial charge >= 0.3 is 0 Å². The van der Waals surface area contributed by atoms with Crippen molar-refractivity contribution >= 4 is 28.4 Å². The van der Waals surface area contributed by atoms with Crippen molar-refractivity contribution in [2.75, 3.05) is 0 Å². The summed E-state index contributed by atoms with van der Waals surface area (Å²) in [6, 6.07) is 15.3. The minimum absolute atomic E-state index is 0.0664. The number of carbonyl (C=O) groups is 1. The van der Waals surface area contributed by atoms with Crippen molar-refractivity contribution in [1.82, 2.24) is 10.3 Å². The highest BCUT2D eigenvalue weighted by atomic mass is 35.5. The first-order valence-corrected chi connectivity index (χ1v) is 7.88. The van der Waals surface area contributed by atoms with E-state index in [1.165, 1.54) is 0 Å². The molecule has 1 N–H and O–H groups in total. The summed E-state index contributed by atoms with van der Waals surface area (Å²) in [6.45, 7) is 3.89. The van der Waals surface area contributed by atoms with Gasteiger partial charge in [-0.2, -0.15) is 0 Å². The number of fused-ring (bicyclic) bond motifs is 1. The topological polar surface area (TPSA) is 42.0 Å². The lowest BCUT2D eigenvalue weighted by molar-refractivity contribution is 0.0943. The Balaban J connectivity index is 2.07. The molecule has 1 aromatic heterocycles. The number of rotatable bonds is 3. The largest absolute Gasteiger partial charge is 0.350 e. The number of carbonyl (C=O) groups excluding carboxylic acids is 1. The molecule has 0 saturated heterocycles. The number of hydrogen-bond acceptors (Lipinski definition) is 2. The number of halogens is 1. The van der Waals surface area contributed by atoms with Crippen LogP contribution in [0, 0.1) is 0 Å². The molecule has 0 aliphatic carbocycles. The summed E-state index contributed by atoms with van der Waals surface area (Å²) in [5, 5.41) is 4.59. The lowest BCUT2D eigenvalue weighted by atomic mass is 9.99. The van der Waals surface area contributed by atoms with Crippen LogP contribution in [0.3, 0.4) is 0 Å². The summed E-state index contributed by atoms with van der Waals surface area (Å²) >= 11 is 6.04. The molecule has 3 aromatic rings. The minimum atomic E-state index is -0.0664. The van der Waals surface area contributed by atoms with Crippen LogP contribution in [0.4, 0.5) is 0 Å². The molecule has 0 bridgehead atoms. The van der Waals surface area contributed by atoms with E-state index >= 15 is 0 Å². The molecule has 0 spiro atoms. The number of amides is 1. The third kappa shape index (κ3) is 3.35. The van der Waals surface area contributed by atoms with Gasteiger partial charge in [-0.1, -0.05) is 29.8 Å². The van der Waals surface area contributed by atoms with E-state index in [9.17, 15) is 4.79 Å². The average Bonchev–Trinajstić information content (AvgIpc) is 2.53. The second-order valence-corrected chi connectivity index (χ2v) is 6.17. The monoisotopic (exact) mass is 324 g/mol. The van der Waals surface area contributed by atoms with E-state index in [1.807, 2.05) is 62.4 Å². The molecule has 3 rings (SSSR count). The van der Waals surface area contributed by atoms with Gasteiger partial charge < -0.3 is 5.32 Å². The van der Waals surface area contributed by atoms with Gasteiger partial charge in [0.25, 0.3) is 5.91 Å². The molecule has 0 aliphatic rings. The van der Waals surface area contributed by atoms with E-state index in [0.29, 0.717) is 10.6 Å². The number of hydrogen-bond donors (Lipinski definition) is 1. The lowest BCUT2D eigenvalue weighted by Gasteiger charge is -2.11. The molecule has 1 amide bonds. The van der Waals surface area contributed by atoms with Gasteiger partial charge in [-0.05, 0) is 55.3 Å². The molecular formula is C19H17ClN2O. The van der Waals surface area contributed by atoms with Crippen molar-refractivity contribution in [1.29, 1.82) is 0 Å². The third-order valence-corrected chi connectivity index (χ3v) is 3.80. The molecule has 0 fully saturated rings. The van der Waals surface area contributed by atoms with Crippen LogP contribution < -0.4 is 5.32 Å². The minimum Gasteiger partial charge on any atom is -0.350 e. The van der Waals surface area contributed by atoms with Gasteiger partial charge in [0, 0.05) is 28.2 Å². The fourth-order valence-electron chi connectivity index (χ4n) is 2.55. The van der Waals surface area contributed by atoms with E-state index in [2.05, 4.69) is 10.3 Å². The van der Waals surface area contributed by atoms with Crippen LogP contribution in [0.1, 0.15) is 24.2 Å². The molecule has 0 atom stereocenters. The van der Waals surface area contributed by atoms with Crippen molar-refractivity contribution in [2.45, 2.75) is 19.9 Å². The van der Waals surface area contributed by atoms with Crippen molar-refractivity contribution in [2.24, 2.45) is 0 Å². The lowest BCUT2D eigenvalue weighted by Crippen LogP contribution is -2.30. The van der Waals surface area contributed by atoms with Crippen LogP contribution in [0.2, 0.25) is 5.02 Å². The van der Waals surface area contributed by atoms with Gasteiger partial charge in [0.15, 0.2) is 0 Å². The Kier molecular flexibility index (Phi) is 4.30. The molecule has 0 saturated carbocycles. The Bertz CT molecular complexity index is 874. The highest BCUT2D eigenvalue weighted by Crippen LogP contribution is 2.29. The standard InChI is InChI=1S/C19H17ClN2O/c1-12(2)22-19(23)14-5-3-4-13(10-14)16-8-9-21-18-11-15(20)6-7-17(16)18/h3-12H,1-2H3,(H,22,23). The predicted molar refractivity (Wildman–Crippen MR) is 94.8 cm³/mol. The van der Waals surface area contributed by atoms with Gasteiger partial charge in [0.1, 0.15) is 0 Å². The molecular weight excluding hydrogens is 308 g/mol. The first-order valence-electron chi connectivity index (χ1n) is 7.50. The number of pyridine rings is 1. The Labute approximate surface area is 140 Å². The van der Waals surface area contributed by atoms with Crippen LogP contribution in [-0.2, 0) is 0 Å². The summed E-state index contributed by atoms with van der Waals surface area (Å²) < 4.78 is 0. The SMILES string of the molecule is CC(C)NC(=O)c1cccc(-c2ccnc3cc(Cl)ccc23)c1. The van der Waals surface area contributed by atoms with Crippen molar-refractivity contribution < 1.29 is 4.79 Å². The number of nitrogens with zero attached hydrogens (tertiary/aromatic N) is 1. The number of aromatic nitrogens is 1. The van der Waals surface area contributed by atoms with Crippen molar-refractivity contribution in [3.05, 3.63) is 65.3 Å². The van der Waals surface area contributed by atoms with E-state index < -0.39 is 0 Å². The maximum Gasteiger partial charge on any atom is 0.251 e. The molecule has 23 heavy (non-hydrogen) atoms. The molecule has 3 nitrogen and oxygen atoms in total. The molecule has 1 heterocycles. The Hall–Kier alpha value is -2.39. The van der Waals surface area contributed by atoms with Crippen LogP contribution >= 0.6 is 11.6 Å². The van der Waals surface area contributed by atoms with Crippen LogP contribution in [0.5, 0.6) is 0 Å². The quantitative estimate of drug-likeness (QED) is 0.759. The maximum absolute atomic E-state index is 12.2. The summed E-state index contributed by atoms with van der Waals surface area (Å²) in [5.74, 6) is -0.0664. The van der Waals surface area contributed by atoms with E-state index in [-0.39, 0.29) is 11.9 Å². The highest BCUT2D eigenvalue weighted by molar-refractivity contribution is 6.31. The summed E-state index contributed by atoms with van der Waals surface area (Å²) in [5.41, 5.74) is 3.50. The first-order chi connectivity index (χ1) is 11.0. The second-order valence-electron chi connectivity index (χ2n) is 5.73. The molecule has 0 aliphatic heterocycles. The summed E-state index contributed by atoms with van der Waals surface area (Å²) in [7, 11) is 0. The Morgan fingerprint density at radius 2 is 1.96 bits per heavy atom. The molecule has 2 aromatic carbocycles. The van der Waals surface area contributed by atoms with Crippen LogP contribution in [-0.4, -0.2) is 16.9 Å². The van der Waals surface area contributed by atoms with Gasteiger partial charge in [-0.3, -0.25) is 9.78 Å². The predicted octanol–water partition coefficient (Wildman–Crippen LogP) is 4.69. The van der Waals surface area contributed by atoms with E-state index in [0.717, 1.165) is 22.0 Å². The fourth-order valence-corrected chi connectivity index (χ4v) is 2.71. The molecule has 4 heteroatoms. The Morgan fingerprint density at radius 3 is 2.74 bits per heavy atom. The number of nitrogens with one attached hydrogen (secondary N) is 1. The Morgan fingerprint density at radius 1 is 1.13 bits per heavy atom. The normalized spacial score (nSPS) is 11.0. The average molecular weight is 325 g/mol. The van der Waals surface area contributed by atoms with Gasteiger partial charge in [-0.15, -0.1) is 0 Å². The zero-order valence-corrected chi connectivity index (χ0v) is 13.8. The molecule has 0 radical (unpaired) electrons. The zero-order valence-electron chi connectivity index (χ0n) is 13.0.